The summed E-state index contributed by atoms with van der Waals surface area (Å²) in [5.74, 6) is 0.182. The molecular formula is C15H18ClN5O3S. The Bertz CT molecular complexity index is 815. The molecule has 2 aromatic rings. The van der Waals surface area contributed by atoms with Gasteiger partial charge in [0.05, 0.1) is 4.90 Å². The number of halogens is 1. The highest BCUT2D eigenvalue weighted by atomic mass is 35.5. The van der Waals surface area contributed by atoms with Gasteiger partial charge in [0.2, 0.25) is 10.0 Å². The highest BCUT2D eigenvalue weighted by Crippen LogP contribution is 2.19. The maximum absolute atomic E-state index is 12.3. The van der Waals surface area contributed by atoms with E-state index >= 15 is 0 Å². The topological polar surface area (TPSA) is 97.2 Å². The fourth-order valence-corrected chi connectivity index (χ4v) is 3.95. The molecule has 8 nitrogen and oxygen atoms in total. The van der Waals surface area contributed by atoms with Crippen LogP contribution in [0.3, 0.4) is 0 Å². The predicted octanol–water partition coefficient (Wildman–Crippen LogP) is 1.59. The zero-order chi connectivity index (χ0) is 17.9. The number of aromatic nitrogens is 3. The number of benzene rings is 1. The molecule has 0 bridgehead atoms. The van der Waals surface area contributed by atoms with Crippen molar-refractivity contribution >= 4 is 27.7 Å². The summed E-state index contributed by atoms with van der Waals surface area (Å²) in [6.07, 6.45) is 4.14. The highest BCUT2D eigenvalue weighted by molar-refractivity contribution is 7.89. The van der Waals surface area contributed by atoms with Crippen LogP contribution in [0.4, 0.5) is 4.79 Å². The van der Waals surface area contributed by atoms with Gasteiger partial charge in [0, 0.05) is 24.7 Å². The van der Waals surface area contributed by atoms with E-state index in [0.29, 0.717) is 24.7 Å². The van der Waals surface area contributed by atoms with Crippen molar-refractivity contribution in [3.63, 3.8) is 0 Å². The van der Waals surface area contributed by atoms with Gasteiger partial charge in [-0.2, -0.15) is 9.78 Å². The Hall–Kier alpha value is -1.97. The first-order chi connectivity index (χ1) is 12.0. The molecule has 0 radical (unpaired) electrons. The molecule has 0 unspecified atom stereocenters. The fraction of sp³-hybridized carbons (Fsp3) is 0.400. The standard InChI is InChI=1S/C15H18ClN5O3S/c16-13-1-3-14(4-2-13)25(23,24)19-9-12-5-7-20(8-6-12)15(22)21-11-17-10-18-21/h1-4,10-12,19H,5-9H2. The lowest BCUT2D eigenvalue weighted by Gasteiger charge is -2.31. The molecule has 2 heterocycles. The quantitative estimate of drug-likeness (QED) is 0.864. The monoisotopic (exact) mass is 383 g/mol. The van der Waals surface area contributed by atoms with Crippen LogP contribution in [-0.2, 0) is 10.0 Å². The van der Waals surface area contributed by atoms with Gasteiger partial charge < -0.3 is 4.90 Å². The van der Waals surface area contributed by atoms with Gasteiger partial charge in [-0.25, -0.2) is 22.9 Å². The molecule has 1 fully saturated rings. The Kier molecular flexibility index (Phi) is 5.36. The summed E-state index contributed by atoms with van der Waals surface area (Å²) in [4.78, 5) is 17.8. The van der Waals surface area contributed by atoms with Crippen molar-refractivity contribution < 1.29 is 13.2 Å². The molecule has 0 spiro atoms. The summed E-state index contributed by atoms with van der Waals surface area (Å²) in [6, 6.07) is 5.83. The lowest BCUT2D eigenvalue weighted by molar-refractivity contribution is 0.169. The van der Waals surface area contributed by atoms with Gasteiger partial charge in [-0.3, -0.25) is 0 Å². The fourth-order valence-electron chi connectivity index (χ4n) is 2.70. The first kappa shape index (κ1) is 17.8. The zero-order valence-electron chi connectivity index (χ0n) is 13.4. The first-order valence-electron chi connectivity index (χ1n) is 7.85. The Morgan fingerprint density at radius 1 is 1.24 bits per heavy atom. The molecule has 1 amide bonds. The molecule has 1 aromatic carbocycles. The average Bonchev–Trinajstić information content (AvgIpc) is 3.15. The number of hydrogen-bond donors (Lipinski definition) is 1. The van der Waals surface area contributed by atoms with Gasteiger partial charge >= 0.3 is 6.03 Å². The van der Waals surface area contributed by atoms with Crippen LogP contribution in [0.25, 0.3) is 0 Å². The second kappa shape index (κ2) is 7.51. The first-order valence-corrected chi connectivity index (χ1v) is 9.71. The number of amides is 1. The molecule has 25 heavy (non-hydrogen) atoms. The number of sulfonamides is 1. The van der Waals surface area contributed by atoms with Crippen molar-refractivity contribution in [2.75, 3.05) is 19.6 Å². The van der Waals surface area contributed by atoms with Gasteiger partial charge in [0.15, 0.2) is 0 Å². The Balaban J connectivity index is 1.51. The molecule has 3 rings (SSSR count). The molecule has 10 heteroatoms. The summed E-state index contributed by atoms with van der Waals surface area (Å²) in [5, 5.41) is 4.32. The molecule has 0 atom stereocenters. The number of carbonyl (C=O) groups is 1. The number of hydrogen-bond acceptors (Lipinski definition) is 5. The smallest absolute Gasteiger partial charge is 0.323 e. The summed E-state index contributed by atoms with van der Waals surface area (Å²) < 4.78 is 28.4. The van der Waals surface area contributed by atoms with E-state index in [9.17, 15) is 13.2 Å². The second-order valence-electron chi connectivity index (χ2n) is 5.86. The third kappa shape index (κ3) is 4.36. The minimum absolute atomic E-state index is 0.182. The number of nitrogens with one attached hydrogen (secondary N) is 1. The largest absolute Gasteiger partial charge is 0.346 e. The van der Waals surface area contributed by atoms with E-state index in [1.165, 1.54) is 29.5 Å². The Morgan fingerprint density at radius 2 is 1.92 bits per heavy atom. The molecule has 1 saturated heterocycles. The van der Waals surface area contributed by atoms with Crippen molar-refractivity contribution in [3.8, 4) is 0 Å². The van der Waals surface area contributed by atoms with Gasteiger partial charge in [-0.1, -0.05) is 11.6 Å². The predicted molar refractivity (Wildman–Crippen MR) is 91.8 cm³/mol. The van der Waals surface area contributed by atoms with E-state index in [4.69, 9.17) is 11.6 Å². The van der Waals surface area contributed by atoms with Crippen LogP contribution in [0.1, 0.15) is 12.8 Å². The maximum atomic E-state index is 12.3. The van der Waals surface area contributed by atoms with Crippen LogP contribution in [-0.4, -0.2) is 53.7 Å². The van der Waals surface area contributed by atoms with Crippen molar-refractivity contribution in [2.24, 2.45) is 5.92 Å². The molecule has 0 aliphatic carbocycles. The number of piperidine rings is 1. The van der Waals surface area contributed by atoms with Crippen LogP contribution < -0.4 is 4.72 Å². The van der Waals surface area contributed by atoms with Gasteiger partial charge in [-0.15, -0.1) is 0 Å². The van der Waals surface area contributed by atoms with E-state index in [1.54, 1.807) is 17.0 Å². The lowest BCUT2D eigenvalue weighted by Crippen LogP contribution is -2.43. The molecule has 134 valence electrons. The van der Waals surface area contributed by atoms with E-state index in [-0.39, 0.29) is 16.8 Å². The third-order valence-corrected chi connectivity index (χ3v) is 5.88. The summed E-state index contributed by atoms with van der Waals surface area (Å²) in [7, 11) is -3.55. The Morgan fingerprint density at radius 3 is 2.52 bits per heavy atom. The van der Waals surface area contributed by atoms with Gasteiger partial charge in [0.1, 0.15) is 12.7 Å². The number of carbonyl (C=O) groups excluding carboxylic acids is 1. The lowest BCUT2D eigenvalue weighted by atomic mass is 9.97. The van der Waals surface area contributed by atoms with Crippen LogP contribution in [0, 0.1) is 5.92 Å². The molecule has 0 saturated carbocycles. The van der Waals surface area contributed by atoms with Gasteiger partial charge in [-0.05, 0) is 43.0 Å². The highest BCUT2D eigenvalue weighted by Gasteiger charge is 2.25. The number of rotatable bonds is 4. The van der Waals surface area contributed by atoms with Crippen molar-refractivity contribution in [1.29, 1.82) is 0 Å². The molecule has 1 aliphatic heterocycles. The molecular weight excluding hydrogens is 366 g/mol. The Labute approximate surface area is 150 Å². The normalized spacial score (nSPS) is 16.1. The third-order valence-electron chi connectivity index (χ3n) is 4.19. The number of nitrogens with zero attached hydrogens (tertiary/aromatic N) is 4. The van der Waals surface area contributed by atoms with Crippen LogP contribution in [0.2, 0.25) is 5.02 Å². The molecule has 1 aromatic heterocycles. The van der Waals surface area contributed by atoms with E-state index in [0.717, 1.165) is 12.8 Å². The summed E-state index contributed by atoms with van der Waals surface area (Å²) in [5.41, 5.74) is 0. The summed E-state index contributed by atoms with van der Waals surface area (Å²) >= 11 is 5.78. The minimum atomic E-state index is -3.55. The maximum Gasteiger partial charge on any atom is 0.346 e. The SMILES string of the molecule is O=C(N1CCC(CNS(=O)(=O)c2ccc(Cl)cc2)CC1)n1cncn1. The molecule has 1 N–H and O–H groups in total. The van der Waals surface area contributed by atoms with Crippen molar-refractivity contribution in [2.45, 2.75) is 17.7 Å². The van der Waals surface area contributed by atoms with Gasteiger partial charge in [0.25, 0.3) is 0 Å². The second-order valence-corrected chi connectivity index (χ2v) is 8.06. The zero-order valence-corrected chi connectivity index (χ0v) is 14.9. The molecule has 1 aliphatic rings. The van der Waals surface area contributed by atoms with Crippen molar-refractivity contribution in [3.05, 3.63) is 41.9 Å². The van der Waals surface area contributed by atoms with Crippen LogP contribution >= 0.6 is 11.6 Å². The van der Waals surface area contributed by atoms with E-state index in [1.807, 2.05) is 0 Å². The summed E-state index contributed by atoms with van der Waals surface area (Å²) in [6.45, 7) is 1.47. The van der Waals surface area contributed by atoms with Crippen molar-refractivity contribution in [1.82, 2.24) is 24.4 Å². The van der Waals surface area contributed by atoms with Crippen LogP contribution in [0.15, 0.2) is 41.8 Å². The van der Waals surface area contributed by atoms with E-state index in [2.05, 4.69) is 14.8 Å². The van der Waals surface area contributed by atoms with E-state index < -0.39 is 10.0 Å². The van der Waals surface area contributed by atoms with Crippen LogP contribution in [0.5, 0.6) is 0 Å². The number of likely N-dealkylation sites (tertiary alicyclic amines) is 1. The minimum Gasteiger partial charge on any atom is -0.323 e. The average molecular weight is 384 g/mol.